The number of halogens is 1. The van der Waals surface area contributed by atoms with Crippen molar-refractivity contribution < 1.29 is 66.4 Å². The van der Waals surface area contributed by atoms with Gasteiger partial charge in [-0.25, -0.2) is 0 Å². The number of aromatic hydroxyl groups is 1. The van der Waals surface area contributed by atoms with Gasteiger partial charge in [-0.05, 0) is 55.2 Å². The summed E-state index contributed by atoms with van der Waals surface area (Å²) in [6.45, 7) is 0.741. The summed E-state index contributed by atoms with van der Waals surface area (Å²) in [4.78, 5) is 10.8. The monoisotopic (exact) mass is 401 g/mol. The minimum Gasteiger partial charge on any atom is -0.545 e. The van der Waals surface area contributed by atoms with Gasteiger partial charge in [-0.15, -0.1) is 0 Å². The van der Waals surface area contributed by atoms with Crippen LogP contribution in [-0.4, -0.2) is 17.6 Å². The van der Waals surface area contributed by atoms with E-state index in [0.717, 1.165) is 30.3 Å². The van der Waals surface area contributed by atoms with Crippen LogP contribution in [0.2, 0.25) is 0 Å². The Kier molecular flexibility index (Phi) is 9.42. The van der Waals surface area contributed by atoms with Crippen LogP contribution < -0.4 is 61.8 Å². The number of carboxylic acid groups (broad SMARTS) is 1. The second-order valence-corrected chi connectivity index (χ2v) is 5.95. The summed E-state index contributed by atoms with van der Waals surface area (Å²) in [5.41, 5.74) is 1.76. The van der Waals surface area contributed by atoms with Crippen molar-refractivity contribution in [2.75, 3.05) is 11.9 Å². The molecule has 4 nitrogen and oxygen atoms in total. The van der Waals surface area contributed by atoms with Crippen LogP contribution in [0.1, 0.15) is 28.8 Å². The Labute approximate surface area is 186 Å². The Morgan fingerprint density at radius 1 is 1.17 bits per heavy atom. The van der Waals surface area contributed by atoms with Crippen LogP contribution >= 0.6 is 15.9 Å². The Morgan fingerprint density at radius 2 is 1.96 bits per heavy atom. The summed E-state index contributed by atoms with van der Waals surface area (Å²) >= 11 is 3.45. The minimum absolute atomic E-state index is 0. The third-order valence-electron chi connectivity index (χ3n) is 3.33. The number of benzene rings is 2. The van der Waals surface area contributed by atoms with Gasteiger partial charge in [-0.3, -0.25) is 0 Å². The second-order valence-electron chi connectivity index (χ2n) is 5.03. The second kappa shape index (κ2) is 10.5. The van der Waals surface area contributed by atoms with E-state index in [1.54, 1.807) is 6.07 Å². The molecule has 0 spiro atoms. The molecule has 0 saturated heterocycles. The molecule has 6 heteroatoms. The molecule has 0 radical (unpaired) electrons. The molecule has 0 aliphatic carbocycles. The van der Waals surface area contributed by atoms with E-state index in [0.29, 0.717) is 5.69 Å². The Morgan fingerprint density at radius 3 is 2.65 bits per heavy atom. The van der Waals surface area contributed by atoms with E-state index >= 15 is 0 Å². The maximum absolute atomic E-state index is 10.8. The molecule has 0 aromatic heterocycles. The first kappa shape index (κ1) is 20.7. The van der Waals surface area contributed by atoms with E-state index in [9.17, 15) is 15.0 Å². The number of carboxylic acids is 1. The number of hydrogen-bond acceptors (Lipinski definition) is 4. The maximum atomic E-state index is 10.8. The van der Waals surface area contributed by atoms with Crippen molar-refractivity contribution in [3.05, 3.63) is 58.1 Å². The van der Waals surface area contributed by atoms with Gasteiger partial charge in [0.25, 0.3) is 0 Å². The molecular formula is C17H17BrKNO3. The first-order valence-corrected chi connectivity index (χ1v) is 7.88. The fourth-order valence-electron chi connectivity index (χ4n) is 2.19. The molecule has 0 aliphatic heterocycles. The molecule has 2 aromatic carbocycles. The van der Waals surface area contributed by atoms with Crippen molar-refractivity contribution >= 4 is 27.6 Å². The fourth-order valence-corrected chi connectivity index (χ4v) is 2.64. The van der Waals surface area contributed by atoms with Crippen molar-refractivity contribution in [2.24, 2.45) is 0 Å². The van der Waals surface area contributed by atoms with E-state index in [2.05, 4.69) is 33.4 Å². The average molecular weight is 402 g/mol. The molecule has 2 aromatic rings. The third kappa shape index (κ3) is 6.95. The summed E-state index contributed by atoms with van der Waals surface area (Å²) in [6, 6.07) is 12.6. The van der Waals surface area contributed by atoms with Gasteiger partial charge in [0.2, 0.25) is 0 Å². The zero-order valence-electron chi connectivity index (χ0n) is 13.0. The van der Waals surface area contributed by atoms with E-state index in [1.165, 1.54) is 17.7 Å². The number of aromatic carboxylic acids is 1. The molecule has 2 N–H and O–H groups in total. The zero-order chi connectivity index (χ0) is 15.9. The van der Waals surface area contributed by atoms with Gasteiger partial charge < -0.3 is 20.3 Å². The molecule has 116 valence electrons. The topological polar surface area (TPSA) is 72.4 Å². The number of carbonyl (C=O) groups is 1. The molecule has 0 saturated carbocycles. The van der Waals surface area contributed by atoms with Crippen molar-refractivity contribution in [2.45, 2.75) is 19.3 Å². The summed E-state index contributed by atoms with van der Waals surface area (Å²) in [7, 11) is 0. The van der Waals surface area contributed by atoms with E-state index in [4.69, 9.17) is 0 Å². The van der Waals surface area contributed by atoms with Crippen LogP contribution in [0.25, 0.3) is 0 Å². The first-order valence-electron chi connectivity index (χ1n) is 7.09. The van der Waals surface area contributed by atoms with Crippen LogP contribution in [0.4, 0.5) is 5.69 Å². The molecule has 0 bridgehead atoms. The molecule has 0 fully saturated rings. The molecule has 0 aliphatic rings. The molecule has 23 heavy (non-hydrogen) atoms. The molecule has 2 rings (SSSR count). The summed E-state index contributed by atoms with van der Waals surface area (Å²) < 4.78 is 1.09. The Balaban J connectivity index is 0.00000264. The van der Waals surface area contributed by atoms with Crippen molar-refractivity contribution in [3.63, 3.8) is 0 Å². The van der Waals surface area contributed by atoms with Gasteiger partial charge in [0, 0.05) is 22.3 Å². The predicted molar refractivity (Wildman–Crippen MR) is 88.0 cm³/mol. The predicted octanol–water partition coefficient (Wildman–Crippen LogP) is -0.0430. The van der Waals surface area contributed by atoms with Gasteiger partial charge in [0.05, 0.1) is 5.97 Å². The Bertz CT molecular complexity index is 664. The van der Waals surface area contributed by atoms with Crippen molar-refractivity contribution in [3.8, 4) is 5.75 Å². The number of phenols is 1. The van der Waals surface area contributed by atoms with E-state index in [1.807, 2.05) is 12.1 Å². The molecule has 0 amide bonds. The molecule has 0 unspecified atom stereocenters. The van der Waals surface area contributed by atoms with Crippen LogP contribution in [0.15, 0.2) is 46.9 Å². The average Bonchev–Trinajstić information content (AvgIpc) is 2.48. The van der Waals surface area contributed by atoms with Gasteiger partial charge >= 0.3 is 51.4 Å². The van der Waals surface area contributed by atoms with E-state index in [-0.39, 0.29) is 62.7 Å². The van der Waals surface area contributed by atoms with Crippen molar-refractivity contribution in [1.29, 1.82) is 0 Å². The van der Waals surface area contributed by atoms with Gasteiger partial charge in [0.1, 0.15) is 5.75 Å². The standard InChI is InChI=1S/C17H18BrNO3.K/c18-13-6-3-5-12(10-13)4-1-2-9-19-14-7-8-16(20)15(11-14)17(21)22;/h3,5-8,10-11,19-20H,1-2,4,9H2,(H,21,22);/q;+1/p-1. The molecular weight excluding hydrogens is 385 g/mol. The largest absolute Gasteiger partial charge is 1.00 e. The third-order valence-corrected chi connectivity index (χ3v) is 3.82. The van der Waals surface area contributed by atoms with Gasteiger partial charge in [-0.2, -0.15) is 0 Å². The quantitative estimate of drug-likeness (QED) is 0.387. The van der Waals surface area contributed by atoms with Crippen LogP contribution in [0.5, 0.6) is 5.75 Å². The zero-order valence-corrected chi connectivity index (χ0v) is 17.7. The van der Waals surface area contributed by atoms with Crippen LogP contribution in [0, 0.1) is 0 Å². The fraction of sp³-hybridized carbons (Fsp3) is 0.235. The number of rotatable bonds is 7. The number of unbranched alkanes of at least 4 members (excludes halogenated alkanes) is 1. The summed E-state index contributed by atoms with van der Waals surface area (Å²) in [5, 5.41) is 23.4. The smallest absolute Gasteiger partial charge is 0.545 e. The number of carbonyl (C=O) groups excluding carboxylic acids is 1. The number of hydrogen-bond donors (Lipinski definition) is 2. The number of anilines is 1. The van der Waals surface area contributed by atoms with Crippen molar-refractivity contribution in [1.82, 2.24) is 0 Å². The van der Waals surface area contributed by atoms with Gasteiger partial charge in [0.15, 0.2) is 0 Å². The van der Waals surface area contributed by atoms with E-state index < -0.39 is 5.97 Å². The molecule has 0 heterocycles. The normalized spacial score (nSPS) is 9.96. The molecule has 0 atom stereocenters. The van der Waals surface area contributed by atoms with Gasteiger partial charge in [-0.1, -0.05) is 28.1 Å². The SMILES string of the molecule is O=C([O-])c1cc(NCCCCc2cccc(Br)c2)ccc1O.[K+]. The minimum atomic E-state index is -1.38. The van der Waals surface area contributed by atoms with Crippen LogP contribution in [0.3, 0.4) is 0 Å². The Hall–Kier alpha value is -0.374. The maximum Gasteiger partial charge on any atom is 1.00 e. The summed E-state index contributed by atoms with van der Waals surface area (Å²) in [6.07, 6.45) is 3.00. The summed E-state index contributed by atoms with van der Waals surface area (Å²) in [5.74, 6) is -1.66. The first-order chi connectivity index (χ1) is 10.6. The number of aryl methyl sites for hydroxylation is 1. The number of nitrogens with one attached hydrogen (secondary N) is 1. The van der Waals surface area contributed by atoms with Crippen LogP contribution in [-0.2, 0) is 6.42 Å².